The van der Waals surface area contributed by atoms with Crippen molar-refractivity contribution in [3.8, 4) is 17.1 Å². The molecule has 0 aliphatic carbocycles. The third-order valence-corrected chi connectivity index (χ3v) is 4.57. The van der Waals surface area contributed by atoms with E-state index < -0.39 is 17.2 Å². The summed E-state index contributed by atoms with van der Waals surface area (Å²) in [5.74, 6) is 0.872. The highest BCUT2D eigenvalue weighted by Crippen LogP contribution is 2.32. The lowest BCUT2D eigenvalue weighted by Gasteiger charge is -2.13. The van der Waals surface area contributed by atoms with Crippen LogP contribution in [0.4, 0.5) is 4.79 Å². The molecule has 1 aromatic heterocycles. The van der Waals surface area contributed by atoms with Crippen molar-refractivity contribution in [3.05, 3.63) is 36.9 Å². The van der Waals surface area contributed by atoms with Crippen LogP contribution in [0.1, 0.15) is 6.92 Å². The van der Waals surface area contributed by atoms with Crippen molar-refractivity contribution in [2.75, 3.05) is 14.2 Å². The number of carbonyl (C=O) groups excluding carboxylic acids is 2. The number of hydrogen-bond acceptors (Lipinski definition) is 6. The number of nitrogens with one attached hydrogen (secondary N) is 2. The van der Waals surface area contributed by atoms with Crippen LogP contribution in [0, 0.1) is 0 Å². The third kappa shape index (κ3) is 4.42. The van der Waals surface area contributed by atoms with Crippen LogP contribution in [0.25, 0.3) is 11.4 Å². The number of benzene rings is 1. The van der Waals surface area contributed by atoms with E-state index in [4.69, 9.17) is 4.74 Å². The van der Waals surface area contributed by atoms with E-state index >= 15 is 0 Å². The van der Waals surface area contributed by atoms with Gasteiger partial charge in [-0.05, 0) is 19.1 Å². The molecule has 2 N–H and O–H groups in total. The minimum absolute atomic E-state index is 0.415. The van der Waals surface area contributed by atoms with Crippen molar-refractivity contribution in [2.45, 2.75) is 23.9 Å². The largest absolute Gasteiger partial charge is 0.496 e. The van der Waals surface area contributed by atoms with Crippen molar-refractivity contribution < 1.29 is 14.3 Å². The summed E-state index contributed by atoms with van der Waals surface area (Å²) in [4.78, 5) is 23.4. The molecular weight excluding hydrogens is 354 g/mol. The van der Waals surface area contributed by atoms with Crippen molar-refractivity contribution in [1.82, 2.24) is 25.4 Å². The number of carbonyl (C=O) groups is 2. The number of ether oxygens (including phenoxy) is 1. The van der Waals surface area contributed by atoms with Gasteiger partial charge in [-0.25, -0.2) is 4.79 Å². The lowest BCUT2D eigenvalue weighted by molar-refractivity contribution is -0.119. The Morgan fingerprint density at radius 3 is 2.77 bits per heavy atom. The number of urea groups is 1. The van der Waals surface area contributed by atoms with Gasteiger partial charge in [-0.15, -0.1) is 16.8 Å². The van der Waals surface area contributed by atoms with Gasteiger partial charge < -0.3 is 10.1 Å². The molecule has 138 valence electrons. The zero-order valence-corrected chi connectivity index (χ0v) is 15.7. The fourth-order valence-electron chi connectivity index (χ4n) is 2.19. The first-order valence-corrected chi connectivity index (χ1v) is 8.76. The number of para-hydroxylation sites is 1. The summed E-state index contributed by atoms with van der Waals surface area (Å²) in [6.45, 7) is 5.93. The zero-order valence-electron chi connectivity index (χ0n) is 14.9. The monoisotopic (exact) mass is 375 g/mol. The van der Waals surface area contributed by atoms with Crippen LogP contribution >= 0.6 is 11.8 Å². The average molecular weight is 375 g/mol. The summed E-state index contributed by atoms with van der Waals surface area (Å²) in [5.41, 5.74) is 0.790. The Morgan fingerprint density at radius 1 is 1.38 bits per heavy atom. The first-order chi connectivity index (χ1) is 12.5. The quantitative estimate of drug-likeness (QED) is 0.568. The normalized spacial score (nSPS) is 11.5. The Hall–Kier alpha value is -2.81. The minimum Gasteiger partial charge on any atom is -0.496 e. The first kappa shape index (κ1) is 19.5. The van der Waals surface area contributed by atoms with Gasteiger partial charge in [-0.1, -0.05) is 30.0 Å². The lowest BCUT2D eigenvalue weighted by atomic mass is 10.2. The highest BCUT2D eigenvalue weighted by Gasteiger charge is 2.22. The SMILES string of the molecule is C=CCn1c(S[C@H](C)C(=O)NC(=O)NC)nnc1-c1ccccc1OC. The molecule has 8 nitrogen and oxygen atoms in total. The topological polar surface area (TPSA) is 98.1 Å². The summed E-state index contributed by atoms with van der Waals surface area (Å²) in [6, 6.07) is 6.94. The fraction of sp³-hybridized carbons (Fsp3) is 0.294. The van der Waals surface area contributed by atoms with Crippen LogP contribution in [-0.2, 0) is 11.3 Å². The molecule has 0 bridgehead atoms. The average Bonchev–Trinajstić information content (AvgIpc) is 3.04. The molecule has 2 rings (SSSR count). The summed E-state index contributed by atoms with van der Waals surface area (Å²) in [7, 11) is 3.04. The zero-order chi connectivity index (χ0) is 19.1. The standard InChI is InChI=1S/C17H21N5O3S/c1-5-10-22-14(12-8-6-7-9-13(12)25-4)20-21-17(22)26-11(2)15(23)19-16(24)18-3/h5-9,11H,1,10H2,2-4H3,(H2,18,19,23,24)/t11-/m1/s1. The van der Waals surface area contributed by atoms with E-state index in [1.165, 1.54) is 18.8 Å². The maximum Gasteiger partial charge on any atom is 0.321 e. The van der Waals surface area contributed by atoms with Gasteiger partial charge in [0.05, 0.1) is 17.9 Å². The molecule has 0 aliphatic rings. The lowest BCUT2D eigenvalue weighted by Crippen LogP contribution is -2.41. The molecule has 0 radical (unpaired) electrons. The molecule has 0 spiro atoms. The number of hydrogen-bond donors (Lipinski definition) is 2. The minimum atomic E-state index is -0.551. The van der Waals surface area contributed by atoms with E-state index in [0.29, 0.717) is 23.3 Å². The molecule has 1 heterocycles. The first-order valence-electron chi connectivity index (χ1n) is 7.88. The molecule has 26 heavy (non-hydrogen) atoms. The molecule has 0 aliphatic heterocycles. The van der Waals surface area contributed by atoms with E-state index in [-0.39, 0.29) is 0 Å². The molecule has 0 saturated heterocycles. The number of imide groups is 1. The van der Waals surface area contributed by atoms with E-state index in [9.17, 15) is 9.59 Å². The smallest absolute Gasteiger partial charge is 0.321 e. The Balaban J connectivity index is 2.30. The Morgan fingerprint density at radius 2 is 2.12 bits per heavy atom. The summed E-state index contributed by atoms with van der Waals surface area (Å²) < 4.78 is 7.24. The van der Waals surface area contributed by atoms with Gasteiger partial charge >= 0.3 is 6.03 Å². The van der Waals surface area contributed by atoms with Crippen LogP contribution in [0.5, 0.6) is 5.75 Å². The fourth-order valence-corrected chi connectivity index (χ4v) is 3.04. The van der Waals surface area contributed by atoms with E-state index in [2.05, 4.69) is 27.4 Å². The number of aromatic nitrogens is 3. The van der Waals surface area contributed by atoms with Gasteiger partial charge in [0.2, 0.25) is 5.91 Å². The number of nitrogens with zero attached hydrogens (tertiary/aromatic N) is 3. The molecule has 0 fully saturated rings. The number of thioether (sulfide) groups is 1. The molecule has 9 heteroatoms. The maximum atomic E-state index is 12.1. The van der Waals surface area contributed by atoms with Crippen molar-refractivity contribution in [2.24, 2.45) is 0 Å². The summed E-state index contributed by atoms with van der Waals surface area (Å²) in [5, 5.41) is 13.1. The second-order valence-electron chi connectivity index (χ2n) is 5.23. The van der Waals surface area contributed by atoms with E-state index in [1.54, 1.807) is 20.1 Å². The number of rotatable bonds is 7. The summed E-state index contributed by atoms with van der Waals surface area (Å²) >= 11 is 1.21. The van der Waals surface area contributed by atoms with Crippen LogP contribution < -0.4 is 15.4 Å². The third-order valence-electron chi connectivity index (χ3n) is 3.49. The van der Waals surface area contributed by atoms with Gasteiger partial charge in [0.15, 0.2) is 11.0 Å². The number of allylic oxidation sites excluding steroid dienone is 1. The number of methoxy groups -OCH3 is 1. The van der Waals surface area contributed by atoms with Gasteiger partial charge in [0.1, 0.15) is 5.75 Å². The molecule has 2 aromatic rings. The molecule has 3 amide bonds. The van der Waals surface area contributed by atoms with E-state index in [0.717, 1.165) is 5.56 Å². The molecule has 1 atom stereocenters. The Bertz CT molecular complexity index is 805. The second kappa shape index (κ2) is 9.04. The van der Waals surface area contributed by atoms with Crippen LogP contribution in [0.15, 0.2) is 42.1 Å². The Labute approximate surface area is 156 Å². The van der Waals surface area contributed by atoms with E-state index in [1.807, 2.05) is 28.8 Å². The second-order valence-corrected chi connectivity index (χ2v) is 6.54. The molecule has 0 unspecified atom stereocenters. The van der Waals surface area contributed by atoms with Gasteiger partial charge in [-0.3, -0.25) is 14.7 Å². The highest BCUT2D eigenvalue weighted by molar-refractivity contribution is 8.00. The molecule has 1 aromatic carbocycles. The van der Waals surface area contributed by atoms with Gasteiger partial charge in [-0.2, -0.15) is 0 Å². The van der Waals surface area contributed by atoms with Gasteiger partial charge in [0, 0.05) is 13.6 Å². The van der Waals surface area contributed by atoms with Crippen molar-refractivity contribution >= 4 is 23.7 Å². The summed E-state index contributed by atoms with van der Waals surface area (Å²) in [6.07, 6.45) is 1.72. The van der Waals surface area contributed by atoms with Crippen LogP contribution in [0.2, 0.25) is 0 Å². The van der Waals surface area contributed by atoms with Crippen LogP contribution in [-0.4, -0.2) is 46.1 Å². The van der Waals surface area contributed by atoms with Gasteiger partial charge in [0.25, 0.3) is 0 Å². The van der Waals surface area contributed by atoms with Crippen molar-refractivity contribution in [3.63, 3.8) is 0 Å². The maximum absolute atomic E-state index is 12.1. The highest BCUT2D eigenvalue weighted by atomic mass is 32.2. The predicted octanol–water partition coefficient (Wildman–Crippen LogP) is 2.08. The molecular formula is C17H21N5O3S. The number of amides is 3. The van der Waals surface area contributed by atoms with Crippen molar-refractivity contribution in [1.29, 1.82) is 0 Å². The molecule has 0 saturated carbocycles. The van der Waals surface area contributed by atoms with Crippen LogP contribution in [0.3, 0.4) is 0 Å². The Kier molecular flexibility index (Phi) is 6.79. The predicted molar refractivity (Wildman–Crippen MR) is 100 cm³/mol.